The number of anilines is 1. The standard InChI is InChI=1S/C22H24ClF2N7O3/c1-11(13-4-3-9-28-17(13)23)35-20(34)31-18(32(2)27)15(26)14-6-5-12(10-29-14)30-19(33)16-21(7-8-21)22(16,24)25/h3-6,9-11,16H,7-8,26-27H2,1-2H3,(H,30,33)(H,31,34)/b18-15-/t11-,16?/m1/s1. The van der Waals surface area contributed by atoms with Crippen molar-refractivity contribution in [1.82, 2.24) is 20.3 Å². The molecule has 0 saturated heterocycles. The van der Waals surface area contributed by atoms with E-state index in [1.807, 2.05) is 0 Å². The molecule has 2 fully saturated rings. The van der Waals surface area contributed by atoms with Gasteiger partial charge in [0.15, 0.2) is 5.82 Å². The number of nitrogens with zero attached hydrogens (tertiary/aromatic N) is 3. The van der Waals surface area contributed by atoms with Crippen molar-refractivity contribution in [3.8, 4) is 0 Å². The minimum atomic E-state index is -2.96. The molecule has 2 aliphatic rings. The number of ether oxygens (including phenoxy) is 1. The lowest BCUT2D eigenvalue weighted by atomic mass is 10.2. The van der Waals surface area contributed by atoms with Crippen LogP contribution in [0.3, 0.4) is 0 Å². The number of nitrogens with two attached hydrogens (primary N) is 2. The number of carbonyl (C=O) groups excluding carboxylic acids is 2. The first-order valence-electron chi connectivity index (χ1n) is 10.7. The fourth-order valence-electron chi connectivity index (χ4n) is 4.04. The zero-order chi connectivity index (χ0) is 25.5. The average Bonchev–Trinajstić information content (AvgIpc) is 3.68. The first-order valence-corrected chi connectivity index (χ1v) is 11.1. The summed E-state index contributed by atoms with van der Waals surface area (Å²) in [5.41, 5.74) is 5.97. The molecule has 186 valence electrons. The van der Waals surface area contributed by atoms with Crippen LogP contribution in [0.2, 0.25) is 5.15 Å². The lowest BCUT2D eigenvalue weighted by Gasteiger charge is -2.21. The van der Waals surface area contributed by atoms with Gasteiger partial charge in [-0.1, -0.05) is 17.7 Å². The molecule has 2 saturated carbocycles. The summed E-state index contributed by atoms with van der Waals surface area (Å²) < 4.78 is 33.0. The Bertz CT molecular complexity index is 1180. The maximum atomic E-state index is 13.9. The summed E-state index contributed by atoms with van der Waals surface area (Å²) in [6, 6.07) is 6.25. The first kappa shape index (κ1) is 24.6. The number of hydrogen-bond donors (Lipinski definition) is 4. The minimum absolute atomic E-state index is 0.00236. The van der Waals surface area contributed by atoms with Crippen LogP contribution in [0.25, 0.3) is 5.70 Å². The van der Waals surface area contributed by atoms with E-state index in [4.69, 9.17) is 27.9 Å². The summed E-state index contributed by atoms with van der Waals surface area (Å²) in [6.45, 7) is 1.62. The average molecular weight is 508 g/mol. The SMILES string of the molecule is C[C@@H](OC(=O)N/C(=C(/N)c1ccc(NC(=O)C2C(F)(F)C23CC3)cn1)N(C)N)c1cccnc1Cl. The Kier molecular flexibility index (Phi) is 6.28. The van der Waals surface area contributed by atoms with Gasteiger partial charge in [-0.25, -0.2) is 24.4 Å². The molecule has 1 unspecified atom stereocenters. The van der Waals surface area contributed by atoms with Crippen LogP contribution in [0.15, 0.2) is 42.5 Å². The van der Waals surface area contributed by atoms with Crippen LogP contribution < -0.4 is 22.2 Å². The van der Waals surface area contributed by atoms with Crippen LogP contribution >= 0.6 is 11.6 Å². The van der Waals surface area contributed by atoms with Crippen LogP contribution in [0.1, 0.15) is 37.1 Å². The smallest absolute Gasteiger partial charge is 0.413 e. The highest BCUT2D eigenvalue weighted by Gasteiger charge is 2.88. The van der Waals surface area contributed by atoms with Gasteiger partial charge in [-0.05, 0) is 38.0 Å². The summed E-state index contributed by atoms with van der Waals surface area (Å²) in [5, 5.41) is 6.21. The molecule has 2 heterocycles. The number of amides is 2. The monoisotopic (exact) mass is 507 g/mol. The molecule has 35 heavy (non-hydrogen) atoms. The van der Waals surface area contributed by atoms with Gasteiger partial charge in [0.2, 0.25) is 5.91 Å². The number of hydrazine groups is 1. The number of aromatic nitrogens is 2. The van der Waals surface area contributed by atoms with E-state index in [1.54, 1.807) is 19.1 Å². The molecule has 1 spiro atoms. The topological polar surface area (TPSA) is 148 Å². The fraction of sp³-hybridized carbons (Fsp3) is 0.364. The van der Waals surface area contributed by atoms with E-state index in [1.165, 1.54) is 31.6 Å². The zero-order valence-corrected chi connectivity index (χ0v) is 19.6. The minimum Gasteiger partial charge on any atom is -0.441 e. The summed E-state index contributed by atoms with van der Waals surface area (Å²) in [6.07, 6.45) is 1.94. The molecule has 13 heteroatoms. The highest BCUT2D eigenvalue weighted by atomic mass is 35.5. The number of alkyl halides is 2. The van der Waals surface area contributed by atoms with Crippen molar-refractivity contribution in [3.05, 3.63) is 58.9 Å². The van der Waals surface area contributed by atoms with Crippen LogP contribution in [0, 0.1) is 11.3 Å². The van der Waals surface area contributed by atoms with Crippen LogP contribution in [-0.4, -0.2) is 39.9 Å². The van der Waals surface area contributed by atoms with E-state index >= 15 is 0 Å². The molecule has 2 amide bonds. The van der Waals surface area contributed by atoms with Gasteiger partial charge in [-0.3, -0.25) is 20.1 Å². The van der Waals surface area contributed by atoms with Crippen molar-refractivity contribution in [1.29, 1.82) is 0 Å². The summed E-state index contributed by atoms with van der Waals surface area (Å²) in [7, 11) is 1.45. The van der Waals surface area contributed by atoms with Crippen LogP contribution in [0.5, 0.6) is 0 Å². The summed E-state index contributed by atoms with van der Waals surface area (Å²) in [5.74, 6) is 0.813. The van der Waals surface area contributed by atoms with Gasteiger partial charge < -0.3 is 15.8 Å². The molecule has 0 aromatic carbocycles. The van der Waals surface area contributed by atoms with Crippen molar-refractivity contribution in [2.45, 2.75) is 31.8 Å². The second kappa shape index (κ2) is 8.93. The lowest BCUT2D eigenvalue weighted by Crippen LogP contribution is -2.39. The Morgan fingerprint density at radius 3 is 2.54 bits per heavy atom. The molecule has 6 N–H and O–H groups in total. The highest BCUT2D eigenvalue weighted by molar-refractivity contribution is 6.30. The van der Waals surface area contributed by atoms with Crippen molar-refractivity contribution < 1.29 is 23.1 Å². The maximum Gasteiger partial charge on any atom is 0.413 e. The Morgan fingerprint density at radius 1 is 1.29 bits per heavy atom. The van der Waals surface area contributed by atoms with Gasteiger partial charge in [0, 0.05) is 18.8 Å². The van der Waals surface area contributed by atoms with Crippen LogP contribution in [-0.2, 0) is 9.53 Å². The van der Waals surface area contributed by atoms with Crippen molar-refractivity contribution in [2.24, 2.45) is 22.9 Å². The number of hydrogen-bond acceptors (Lipinski definition) is 8. The third kappa shape index (κ3) is 4.58. The highest BCUT2D eigenvalue weighted by Crippen LogP contribution is 2.79. The van der Waals surface area contributed by atoms with Gasteiger partial charge in [0.05, 0.1) is 23.0 Å². The molecule has 2 aromatic rings. The molecule has 4 rings (SSSR count). The number of rotatable bonds is 7. The molecule has 2 aliphatic carbocycles. The number of nitrogens with one attached hydrogen (secondary N) is 2. The van der Waals surface area contributed by atoms with E-state index in [0.717, 1.165) is 5.01 Å². The Hall–Kier alpha value is -3.51. The molecule has 0 bridgehead atoms. The van der Waals surface area contributed by atoms with E-state index in [0.29, 0.717) is 18.4 Å². The Morgan fingerprint density at radius 2 is 2.00 bits per heavy atom. The second-order valence-corrected chi connectivity index (χ2v) is 8.92. The maximum absolute atomic E-state index is 13.9. The molecular formula is C22H24ClF2N7O3. The van der Waals surface area contributed by atoms with Crippen molar-refractivity contribution in [3.63, 3.8) is 0 Å². The zero-order valence-electron chi connectivity index (χ0n) is 18.9. The molecule has 0 radical (unpaired) electrons. The van der Waals surface area contributed by atoms with Gasteiger partial charge >= 0.3 is 6.09 Å². The van der Waals surface area contributed by atoms with Crippen LogP contribution in [0.4, 0.5) is 19.3 Å². The first-order chi connectivity index (χ1) is 16.5. The number of alkyl carbamates (subject to hydrolysis) is 1. The lowest BCUT2D eigenvalue weighted by molar-refractivity contribution is -0.119. The van der Waals surface area contributed by atoms with Gasteiger partial charge in [0.25, 0.3) is 5.92 Å². The normalized spacial score (nSPS) is 20.3. The van der Waals surface area contributed by atoms with Crippen molar-refractivity contribution >= 4 is 35.0 Å². The largest absolute Gasteiger partial charge is 0.441 e. The van der Waals surface area contributed by atoms with Gasteiger partial charge in [0.1, 0.15) is 22.9 Å². The van der Waals surface area contributed by atoms with E-state index in [2.05, 4.69) is 20.6 Å². The van der Waals surface area contributed by atoms with E-state index < -0.39 is 35.4 Å². The quantitative estimate of drug-likeness (QED) is 0.254. The van der Waals surface area contributed by atoms with Gasteiger partial charge in [-0.2, -0.15) is 0 Å². The van der Waals surface area contributed by atoms with Crippen molar-refractivity contribution in [2.75, 3.05) is 12.4 Å². The molecular weight excluding hydrogens is 484 g/mol. The number of pyridine rings is 2. The summed E-state index contributed by atoms with van der Waals surface area (Å²) >= 11 is 6.03. The third-order valence-corrected chi connectivity index (χ3v) is 6.51. The third-order valence-electron chi connectivity index (χ3n) is 6.19. The van der Waals surface area contributed by atoms with Gasteiger partial charge in [-0.15, -0.1) is 0 Å². The molecule has 2 aromatic heterocycles. The Balaban J connectivity index is 1.42. The fourth-order valence-corrected chi connectivity index (χ4v) is 4.31. The predicted octanol–water partition coefficient (Wildman–Crippen LogP) is 2.99. The second-order valence-electron chi connectivity index (χ2n) is 8.56. The summed E-state index contributed by atoms with van der Waals surface area (Å²) in [4.78, 5) is 32.8. The molecule has 10 nitrogen and oxygen atoms in total. The molecule has 2 atom stereocenters. The number of halogens is 3. The van der Waals surface area contributed by atoms with E-state index in [-0.39, 0.29) is 28.1 Å². The Labute approximate surface area is 204 Å². The van der Waals surface area contributed by atoms with E-state index in [9.17, 15) is 18.4 Å². The predicted molar refractivity (Wildman–Crippen MR) is 123 cm³/mol. The number of carbonyl (C=O) groups is 2. The molecule has 0 aliphatic heterocycles.